The number of thioether (sulfide) groups is 1. The number of hydrogen-bond acceptors (Lipinski definition) is 6. The average molecular weight is 444 g/mol. The van der Waals surface area contributed by atoms with Crippen molar-refractivity contribution in [2.75, 3.05) is 10.6 Å². The largest absolute Gasteiger partial charge is 0.507 e. The topological polar surface area (TPSA) is 153 Å². The molecule has 2 aromatic carbocycles. The van der Waals surface area contributed by atoms with Gasteiger partial charge in [-0.1, -0.05) is 13.0 Å². The van der Waals surface area contributed by atoms with Crippen LogP contribution in [0.4, 0.5) is 11.4 Å². The highest BCUT2D eigenvalue weighted by Gasteiger charge is 2.19. The molecule has 0 fully saturated rings. The van der Waals surface area contributed by atoms with E-state index in [0.717, 1.165) is 12.2 Å². The Hall–Kier alpha value is -3.79. The van der Waals surface area contributed by atoms with Gasteiger partial charge in [0.1, 0.15) is 11.3 Å². The fraction of sp³-hybridized carbons (Fsp3) is 0.143. The fourth-order valence-electron chi connectivity index (χ4n) is 2.47. The summed E-state index contributed by atoms with van der Waals surface area (Å²) in [6.45, 7) is 1.82. The first kappa shape index (κ1) is 23.5. The van der Waals surface area contributed by atoms with Gasteiger partial charge in [0.15, 0.2) is 0 Å². The number of aliphatic carboxylic acids is 1. The summed E-state index contributed by atoms with van der Waals surface area (Å²) in [6, 6.07) is 10.5. The van der Waals surface area contributed by atoms with Crippen LogP contribution in [0.5, 0.6) is 5.75 Å². The van der Waals surface area contributed by atoms with Crippen molar-refractivity contribution in [1.29, 1.82) is 0 Å². The molecule has 2 aromatic rings. The molecule has 0 saturated heterocycles. The predicted molar refractivity (Wildman–Crippen MR) is 115 cm³/mol. The number of phenols is 1. The van der Waals surface area contributed by atoms with Crippen molar-refractivity contribution in [2.45, 2.75) is 23.5 Å². The molecule has 1 unspecified atom stereocenters. The van der Waals surface area contributed by atoms with Gasteiger partial charge in [-0.25, -0.2) is 9.59 Å². The van der Waals surface area contributed by atoms with E-state index in [1.165, 1.54) is 30.0 Å². The second kappa shape index (κ2) is 10.8. The molecule has 31 heavy (non-hydrogen) atoms. The van der Waals surface area contributed by atoms with Crippen molar-refractivity contribution in [3.8, 4) is 5.75 Å². The van der Waals surface area contributed by atoms with Gasteiger partial charge in [-0.2, -0.15) is 0 Å². The smallest absolute Gasteiger partial charge is 0.339 e. The summed E-state index contributed by atoms with van der Waals surface area (Å²) in [5.41, 5.74) is 0.356. The molecule has 9 nitrogen and oxygen atoms in total. The first-order chi connectivity index (χ1) is 14.7. The summed E-state index contributed by atoms with van der Waals surface area (Å²) >= 11 is 1.25. The van der Waals surface area contributed by atoms with Gasteiger partial charge in [0.25, 0.3) is 0 Å². The molecule has 10 heteroatoms. The molecule has 2 rings (SSSR count). The Balaban J connectivity index is 2.08. The van der Waals surface area contributed by atoms with E-state index < -0.39 is 28.8 Å². The third-order valence-electron chi connectivity index (χ3n) is 3.91. The third-order valence-corrected chi connectivity index (χ3v) is 5.27. The first-order valence-corrected chi connectivity index (χ1v) is 9.93. The van der Waals surface area contributed by atoms with Crippen LogP contribution in [0.25, 0.3) is 0 Å². The number of hydrogen-bond donors (Lipinski definition) is 5. The maximum atomic E-state index is 12.6. The Morgan fingerprint density at radius 2 is 1.71 bits per heavy atom. The normalized spacial score (nSPS) is 11.6. The fourth-order valence-corrected chi connectivity index (χ4v) is 3.49. The van der Waals surface area contributed by atoms with Crippen LogP contribution in [0.2, 0.25) is 0 Å². The van der Waals surface area contributed by atoms with Gasteiger partial charge in [-0.3, -0.25) is 9.59 Å². The Morgan fingerprint density at radius 1 is 1.00 bits per heavy atom. The molecule has 0 aromatic heterocycles. The van der Waals surface area contributed by atoms with Crippen LogP contribution in [0, 0.1) is 0 Å². The van der Waals surface area contributed by atoms with Gasteiger partial charge in [0.2, 0.25) is 11.8 Å². The lowest BCUT2D eigenvalue weighted by Crippen LogP contribution is -2.24. The monoisotopic (exact) mass is 444 g/mol. The molecule has 0 saturated carbocycles. The van der Waals surface area contributed by atoms with Crippen LogP contribution in [-0.4, -0.2) is 44.3 Å². The molecule has 0 bridgehead atoms. The number of aromatic carboxylic acids is 1. The Bertz CT molecular complexity index is 1040. The minimum atomic E-state index is -1.31. The van der Waals surface area contributed by atoms with Crippen LogP contribution in [-0.2, 0) is 14.4 Å². The van der Waals surface area contributed by atoms with Gasteiger partial charge in [-0.15, -0.1) is 11.8 Å². The highest BCUT2D eigenvalue weighted by molar-refractivity contribution is 8.00. The van der Waals surface area contributed by atoms with Crippen LogP contribution in [0.3, 0.4) is 0 Å². The van der Waals surface area contributed by atoms with E-state index >= 15 is 0 Å². The Kier molecular flexibility index (Phi) is 8.21. The van der Waals surface area contributed by atoms with E-state index in [9.17, 15) is 24.3 Å². The molecule has 2 amide bonds. The number of carboxylic acids is 2. The molecule has 0 aliphatic carbocycles. The summed E-state index contributed by atoms with van der Waals surface area (Å²) < 4.78 is 0. The van der Waals surface area contributed by atoms with Crippen molar-refractivity contribution in [2.24, 2.45) is 0 Å². The minimum Gasteiger partial charge on any atom is -0.507 e. The number of carbonyl (C=O) groups is 4. The molecule has 0 radical (unpaired) electrons. The summed E-state index contributed by atoms with van der Waals surface area (Å²) in [4.78, 5) is 46.7. The second-order valence-electron chi connectivity index (χ2n) is 6.23. The number of amides is 2. The number of nitrogens with one attached hydrogen (secondary N) is 2. The van der Waals surface area contributed by atoms with Crippen molar-refractivity contribution in [3.05, 3.63) is 60.2 Å². The van der Waals surface area contributed by atoms with E-state index in [-0.39, 0.29) is 17.2 Å². The molecular weight excluding hydrogens is 424 g/mol. The lowest BCUT2D eigenvalue weighted by molar-refractivity contribution is -0.131. The van der Waals surface area contributed by atoms with Gasteiger partial charge in [0.05, 0.1) is 5.25 Å². The van der Waals surface area contributed by atoms with Gasteiger partial charge >= 0.3 is 11.9 Å². The number of benzene rings is 2. The highest BCUT2D eigenvalue weighted by Crippen LogP contribution is 2.29. The lowest BCUT2D eigenvalue weighted by atomic mass is 10.1. The average Bonchev–Trinajstić information content (AvgIpc) is 2.71. The summed E-state index contributed by atoms with van der Waals surface area (Å²) in [7, 11) is 0. The Labute approximate surface area is 181 Å². The van der Waals surface area contributed by atoms with Gasteiger partial charge in [-0.05, 0) is 42.8 Å². The number of rotatable bonds is 9. The van der Waals surface area contributed by atoms with Crippen LogP contribution >= 0.6 is 11.8 Å². The molecule has 0 spiro atoms. The zero-order valence-corrected chi connectivity index (χ0v) is 17.2. The summed E-state index contributed by atoms with van der Waals surface area (Å²) in [6.07, 6.45) is 2.09. The maximum absolute atomic E-state index is 12.6. The Morgan fingerprint density at radius 3 is 2.35 bits per heavy atom. The van der Waals surface area contributed by atoms with E-state index in [1.807, 2.05) is 6.92 Å². The number of aromatic hydroxyl groups is 1. The zero-order valence-electron chi connectivity index (χ0n) is 16.4. The van der Waals surface area contributed by atoms with Crippen molar-refractivity contribution in [3.63, 3.8) is 0 Å². The highest BCUT2D eigenvalue weighted by atomic mass is 32.2. The number of carbonyl (C=O) groups excluding carboxylic acids is 2. The van der Waals surface area contributed by atoms with Gasteiger partial charge < -0.3 is 26.0 Å². The molecular formula is C21H20N2O7S. The van der Waals surface area contributed by atoms with E-state index in [4.69, 9.17) is 10.2 Å². The second-order valence-corrected chi connectivity index (χ2v) is 7.51. The number of carboxylic acid groups (broad SMARTS) is 2. The standard InChI is InChI=1S/C21H20N2O7S/c1-2-17(20(28)23-13-6-7-16(24)15(11-13)21(29)30)31-14-5-3-4-12(10-14)22-18(25)8-9-19(26)27/h3-11,17,24H,2H2,1H3,(H,22,25)(H,23,28)(H,26,27)(H,29,30)/b9-8+. The molecule has 0 aliphatic rings. The van der Waals surface area contributed by atoms with Crippen LogP contribution in [0.15, 0.2) is 59.5 Å². The molecule has 162 valence electrons. The number of anilines is 2. The van der Waals surface area contributed by atoms with Crippen molar-refractivity contribution >= 4 is 46.9 Å². The van der Waals surface area contributed by atoms with Crippen molar-refractivity contribution in [1.82, 2.24) is 0 Å². The summed E-state index contributed by atoms with van der Waals surface area (Å²) in [5, 5.41) is 31.9. The minimum absolute atomic E-state index is 0.241. The molecule has 5 N–H and O–H groups in total. The van der Waals surface area contributed by atoms with E-state index in [2.05, 4.69) is 10.6 Å². The van der Waals surface area contributed by atoms with Crippen LogP contribution in [0.1, 0.15) is 23.7 Å². The quantitative estimate of drug-likeness (QED) is 0.225. The predicted octanol–water partition coefficient (Wildman–Crippen LogP) is 3.18. The zero-order chi connectivity index (χ0) is 23.0. The molecule has 0 aliphatic heterocycles. The SMILES string of the molecule is CCC(Sc1cccc(NC(=O)/C=C/C(=O)O)c1)C(=O)Nc1ccc(O)c(C(=O)O)c1. The lowest BCUT2D eigenvalue weighted by Gasteiger charge is -2.16. The third kappa shape index (κ3) is 7.19. The van der Waals surface area contributed by atoms with E-state index in [0.29, 0.717) is 17.0 Å². The first-order valence-electron chi connectivity index (χ1n) is 9.05. The van der Waals surface area contributed by atoms with E-state index in [1.54, 1.807) is 24.3 Å². The van der Waals surface area contributed by atoms with Crippen LogP contribution < -0.4 is 10.6 Å². The molecule has 0 heterocycles. The maximum Gasteiger partial charge on any atom is 0.339 e. The van der Waals surface area contributed by atoms with Crippen molar-refractivity contribution < 1.29 is 34.5 Å². The van der Waals surface area contributed by atoms with Gasteiger partial charge in [0, 0.05) is 28.4 Å². The summed E-state index contributed by atoms with van der Waals surface area (Å²) in [5.74, 6) is -3.90. The molecule has 1 atom stereocenters.